The molecule has 0 aromatic heterocycles. The molecule has 2 aromatic carbocycles. The van der Waals surface area contributed by atoms with E-state index >= 15 is 0 Å². The molecule has 0 atom stereocenters. The summed E-state index contributed by atoms with van der Waals surface area (Å²) in [5, 5.41) is 9.35. The van der Waals surface area contributed by atoms with Gasteiger partial charge in [-0.25, -0.2) is 8.42 Å². The number of hydrogen-bond acceptors (Lipinski definition) is 3. The van der Waals surface area contributed by atoms with E-state index in [1.807, 2.05) is 12.1 Å². The molecule has 0 aliphatic carbocycles. The average molecular weight is 373 g/mol. The van der Waals surface area contributed by atoms with E-state index in [0.29, 0.717) is 36.5 Å². The Balaban J connectivity index is 1.69. The van der Waals surface area contributed by atoms with Crippen molar-refractivity contribution in [1.82, 2.24) is 4.31 Å². The highest BCUT2D eigenvalue weighted by Crippen LogP contribution is 2.25. The van der Waals surface area contributed by atoms with Crippen molar-refractivity contribution in [2.45, 2.75) is 17.7 Å². The van der Waals surface area contributed by atoms with E-state index in [0.717, 1.165) is 5.56 Å². The Morgan fingerprint density at radius 3 is 2.16 bits per heavy atom. The van der Waals surface area contributed by atoms with Gasteiger partial charge >= 0.3 is 0 Å². The molecule has 0 bridgehead atoms. The molecule has 1 fully saturated rings. The third-order valence-electron chi connectivity index (χ3n) is 4.23. The van der Waals surface area contributed by atoms with Gasteiger partial charge in [0.1, 0.15) is 0 Å². The SMILES string of the molecule is N#Cc1ccc(C=C2CCN(S(=O)(=O)c3ccc(Cl)cc3)CC2)cc1. The van der Waals surface area contributed by atoms with Crippen molar-refractivity contribution in [3.63, 3.8) is 0 Å². The van der Waals surface area contributed by atoms with Crippen LogP contribution < -0.4 is 0 Å². The smallest absolute Gasteiger partial charge is 0.207 e. The summed E-state index contributed by atoms with van der Waals surface area (Å²) in [5.74, 6) is 0. The van der Waals surface area contributed by atoms with Gasteiger partial charge < -0.3 is 0 Å². The van der Waals surface area contributed by atoms with Crippen LogP contribution in [0.5, 0.6) is 0 Å². The standard InChI is InChI=1S/C19H17ClN2O2S/c20-18-5-7-19(8-6-18)25(23,24)22-11-9-16(10-12-22)13-15-1-3-17(14-21)4-2-15/h1-8,13H,9-12H2. The lowest BCUT2D eigenvalue weighted by atomic mass is 10.0. The minimum atomic E-state index is -3.47. The molecule has 0 N–H and O–H groups in total. The van der Waals surface area contributed by atoms with Gasteiger partial charge in [-0.1, -0.05) is 35.4 Å². The van der Waals surface area contributed by atoms with E-state index in [-0.39, 0.29) is 4.90 Å². The molecule has 1 saturated heterocycles. The Hall–Kier alpha value is -2.13. The summed E-state index contributed by atoms with van der Waals surface area (Å²) < 4.78 is 26.9. The van der Waals surface area contributed by atoms with Gasteiger partial charge in [0.2, 0.25) is 10.0 Å². The first-order chi connectivity index (χ1) is 12.0. The number of piperidine rings is 1. The molecule has 1 heterocycles. The molecular formula is C19H17ClN2O2S. The van der Waals surface area contributed by atoms with E-state index < -0.39 is 10.0 Å². The minimum absolute atomic E-state index is 0.274. The van der Waals surface area contributed by atoms with Gasteiger partial charge in [0.05, 0.1) is 16.5 Å². The molecule has 6 heteroatoms. The molecule has 25 heavy (non-hydrogen) atoms. The summed E-state index contributed by atoms with van der Waals surface area (Å²) in [6, 6.07) is 15.7. The predicted octanol–water partition coefficient (Wildman–Crippen LogP) is 4.08. The largest absolute Gasteiger partial charge is 0.243 e. The molecule has 0 radical (unpaired) electrons. The first-order valence-electron chi connectivity index (χ1n) is 7.94. The summed E-state index contributed by atoms with van der Waals surface area (Å²) in [6.07, 6.45) is 3.48. The van der Waals surface area contributed by atoms with Crippen LogP contribution in [0.15, 0.2) is 59.0 Å². The highest BCUT2D eigenvalue weighted by Gasteiger charge is 2.27. The molecule has 128 valence electrons. The number of nitriles is 1. The van der Waals surface area contributed by atoms with Crippen molar-refractivity contribution >= 4 is 27.7 Å². The minimum Gasteiger partial charge on any atom is -0.207 e. The lowest BCUT2D eigenvalue weighted by molar-refractivity contribution is 0.388. The maximum absolute atomic E-state index is 12.7. The van der Waals surface area contributed by atoms with E-state index in [4.69, 9.17) is 16.9 Å². The highest BCUT2D eigenvalue weighted by atomic mass is 35.5. The molecular weight excluding hydrogens is 356 g/mol. The number of rotatable bonds is 3. The van der Waals surface area contributed by atoms with Crippen molar-refractivity contribution in [3.8, 4) is 6.07 Å². The Bertz CT molecular complexity index is 917. The highest BCUT2D eigenvalue weighted by molar-refractivity contribution is 7.89. The zero-order chi connectivity index (χ0) is 17.9. The van der Waals surface area contributed by atoms with Crippen LogP contribution in [0.2, 0.25) is 5.02 Å². The van der Waals surface area contributed by atoms with Crippen molar-refractivity contribution in [3.05, 3.63) is 70.3 Å². The number of benzene rings is 2. The van der Waals surface area contributed by atoms with Crippen LogP contribution in [0, 0.1) is 11.3 Å². The van der Waals surface area contributed by atoms with Gasteiger partial charge in [-0.15, -0.1) is 0 Å². The van der Waals surface area contributed by atoms with Gasteiger partial charge in [-0.3, -0.25) is 0 Å². The van der Waals surface area contributed by atoms with E-state index in [1.54, 1.807) is 36.4 Å². The lowest BCUT2D eigenvalue weighted by Gasteiger charge is -2.27. The Morgan fingerprint density at radius 2 is 1.60 bits per heavy atom. The molecule has 4 nitrogen and oxygen atoms in total. The van der Waals surface area contributed by atoms with Crippen LogP contribution in [-0.4, -0.2) is 25.8 Å². The number of hydrogen-bond donors (Lipinski definition) is 0. The van der Waals surface area contributed by atoms with Crippen molar-refractivity contribution in [2.24, 2.45) is 0 Å². The van der Waals surface area contributed by atoms with Crippen molar-refractivity contribution < 1.29 is 8.42 Å². The van der Waals surface area contributed by atoms with Crippen LogP contribution in [0.25, 0.3) is 6.08 Å². The third-order valence-corrected chi connectivity index (χ3v) is 6.39. The second-order valence-corrected chi connectivity index (χ2v) is 8.27. The molecule has 1 aliphatic heterocycles. The second kappa shape index (κ2) is 7.40. The summed E-state index contributed by atoms with van der Waals surface area (Å²) in [5.41, 5.74) is 2.88. The van der Waals surface area contributed by atoms with Gasteiger partial charge in [0.25, 0.3) is 0 Å². The number of nitrogens with zero attached hydrogens (tertiary/aromatic N) is 2. The fourth-order valence-corrected chi connectivity index (χ4v) is 4.37. The summed E-state index contributed by atoms with van der Waals surface area (Å²) in [6.45, 7) is 0.931. The quantitative estimate of drug-likeness (QED) is 0.815. The second-order valence-electron chi connectivity index (χ2n) is 5.89. The first kappa shape index (κ1) is 17.7. The fraction of sp³-hybridized carbons (Fsp3) is 0.211. The van der Waals surface area contributed by atoms with Gasteiger partial charge in [0, 0.05) is 18.1 Å². The van der Waals surface area contributed by atoms with E-state index in [9.17, 15) is 8.42 Å². The average Bonchev–Trinajstić information content (AvgIpc) is 2.63. The number of sulfonamides is 1. The molecule has 0 amide bonds. The van der Waals surface area contributed by atoms with Crippen LogP contribution >= 0.6 is 11.6 Å². The molecule has 2 aromatic rings. The molecule has 3 rings (SSSR count). The van der Waals surface area contributed by atoms with Crippen LogP contribution in [0.1, 0.15) is 24.0 Å². The fourth-order valence-electron chi connectivity index (χ4n) is 2.80. The van der Waals surface area contributed by atoms with Crippen molar-refractivity contribution in [1.29, 1.82) is 5.26 Å². The Morgan fingerprint density at radius 1 is 1.00 bits per heavy atom. The Kier molecular flexibility index (Phi) is 5.24. The van der Waals surface area contributed by atoms with Crippen LogP contribution in [0.3, 0.4) is 0 Å². The molecule has 1 aliphatic rings. The summed E-state index contributed by atoms with van der Waals surface area (Å²) in [7, 11) is -3.47. The number of halogens is 1. The topological polar surface area (TPSA) is 61.2 Å². The van der Waals surface area contributed by atoms with E-state index in [1.165, 1.54) is 9.88 Å². The monoisotopic (exact) mass is 372 g/mol. The normalized spacial score (nSPS) is 15.6. The maximum atomic E-state index is 12.7. The van der Waals surface area contributed by atoms with Crippen LogP contribution in [-0.2, 0) is 10.0 Å². The summed E-state index contributed by atoms with van der Waals surface area (Å²) in [4.78, 5) is 0.274. The first-order valence-corrected chi connectivity index (χ1v) is 9.76. The summed E-state index contributed by atoms with van der Waals surface area (Å²) >= 11 is 5.83. The zero-order valence-electron chi connectivity index (χ0n) is 13.5. The third kappa shape index (κ3) is 4.10. The molecule has 0 spiro atoms. The Labute approximate surface area is 153 Å². The lowest BCUT2D eigenvalue weighted by Crippen LogP contribution is -2.36. The maximum Gasteiger partial charge on any atom is 0.243 e. The van der Waals surface area contributed by atoms with Gasteiger partial charge in [0.15, 0.2) is 0 Å². The van der Waals surface area contributed by atoms with Crippen molar-refractivity contribution in [2.75, 3.05) is 13.1 Å². The van der Waals surface area contributed by atoms with E-state index in [2.05, 4.69) is 12.1 Å². The zero-order valence-corrected chi connectivity index (χ0v) is 15.1. The van der Waals surface area contributed by atoms with Crippen LogP contribution in [0.4, 0.5) is 0 Å². The van der Waals surface area contributed by atoms with Gasteiger partial charge in [-0.05, 0) is 54.8 Å². The van der Waals surface area contributed by atoms with Gasteiger partial charge in [-0.2, -0.15) is 9.57 Å². The predicted molar refractivity (Wildman–Crippen MR) is 98.6 cm³/mol. The molecule has 0 saturated carbocycles. The molecule has 0 unspecified atom stereocenters.